The molecule has 0 aliphatic heterocycles. The molecule has 0 aliphatic rings. The van der Waals surface area contributed by atoms with E-state index in [1.54, 1.807) is 0 Å². The molecule has 0 fully saturated rings. The lowest BCUT2D eigenvalue weighted by molar-refractivity contribution is -0.118. The molecule has 1 aromatic heterocycles. The molecule has 20 heavy (non-hydrogen) atoms. The van der Waals surface area contributed by atoms with E-state index in [9.17, 15) is 4.79 Å². The fraction of sp³-hybridized carbons (Fsp3) is 0.308. The van der Waals surface area contributed by atoms with Crippen molar-refractivity contribution in [2.24, 2.45) is 5.73 Å². The van der Waals surface area contributed by atoms with Crippen LogP contribution in [0.4, 0.5) is 0 Å². The highest BCUT2D eigenvalue weighted by Gasteiger charge is 2.11. The molecule has 7 heteroatoms. The standard InChI is InChI=1S/C13H15BrN4O2/c1-8(5-11(15)19)16-7-12-17-13(20-18-12)9-3-2-4-10(14)6-9/h2-4,6,8,16H,5,7H2,1H3,(H2,15,19). The molecule has 1 heterocycles. The fourth-order valence-electron chi connectivity index (χ4n) is 1.70. The van der Waals surface area contributed by atoms with Crippen LogP contribution in [0.25, 0.3) is 11.5 Å². The van der Waals surface area contributed by atoms with Gasteiger partial charge < -0.3 is 15.6 Å². The Morgan fingerprint density at radius 3 is 3.05 bits per heavy atom. The molecule has 3 N–H and O–H groups in total. The number of primary amides is 1. The Balaban J connectivity index is 1.97. The topological polar surface area (TPSA) is 94.0 Å². The minimum Gasteiger partial charge on any atom is -0.370 e. The maximum absolute atomic E-state index is 10.8. The van der Waals surface area contributed by atoms with Crippen LogP contribution in [0.2, 0.25) is 0 Å². The highest BCUT2D eigenvalue weighted by Crippen LogP contribution is 2.21. The number of carbonyl (C=O) groups is 1. The molecule has 1 amide bonds. The molecule has 0 saturated heterocycles. The van der Waals surface area contributed by atoms with Gasteiger partial charge in [0, 0.05) is 22.5 Å². The second-order valence-corrected chi connectivity index (χ2v) is 5.39. The van der Waals surface area contributed by atoms with Crippen molar-refractivity contribution in [1.29, 1.82) is 0 Å². The van der Waals surface area contributed by atoms with Gasteiger partial charge in [-0.3, -0.25) is 4.79 Å². The molecule has 6 nitrogen and oxygen atoms in total. The van der Waals surface area contributed by atoms with Crippen LogP contribution < -0.4 is 11.1 Å². The Bertz CT molecular complexity index is 600. The third-order valence-corrected chi connectivity index (χ3v) is 3.15. The van der Waals surface area contributed by atoms with Gasteiger partial charge in [-0.2, -0.15) is 4.98 Å². The van der Waals surface area contributed by atoms with Crippen molar-refractivity contribution in [2.75, 3.05) is 0 Å². The van der Waals surface area contributed by atoms with Crippen molar-refractivity contribution < 1.29 is 9.32 Å². The average Bonchev–Trinajstić information content (AvgIpc) is 2.84. The first kappa shape index (κ1) is 14.7. The molecule has 1 unspecified atom stereocenters. The van der Waals surface area contributed by atoms with Crippen molar-refractivity contribution >= 4 is 21.8 Å². The summed E-state index contributed by atoms with van der Waals surface area (Å²) in [6.07, 6.45) is 0.274. The predicted octanol–water partition coefficient (Wildman–Crippen LogP) is 1.85. The number of hydrogen-bond donors (Lipinski definition) is 2. The van der Waals surface area contributed by atoms with Crippen molar-refractivity contribution in [3.63, 3.8) is 0 Å². The van der Waals surface area contributed by atoms with E-state index in [1.165, 1.54) is 0 Å². The lowest BCUT2D eigenvalue weighted by Gasteiger charge is -2.08. The molecular formula is C13H15BrN4O2. The van der Waals surface area contributed by atoms with Crippen LogP contribution in [0.3, 0.4) is 0 Å². The van der Waals surface area contributed by atoms with E-state index in [2.05, 4.69) is 31.4 Å². The number of hydrogen-bond acceptors (Lipinski definition) is 5. The minimum atomic E-state index is -0.340. The molecule has 2 rings (SSSR count). The summed E-state index contributed by atoms with van der Waals surface area (Å²) < 4.78 is 6.15. The van der Waals surface area contributed by atoms with Crippen LogP contribution in [0.5, 0.6) is 0 Å². The minimum absolute atomic E-state index is 0.0275. The summed E-state index contributed by atoms with van der Waals surface area (Å²) in [4.78, 5) is 15.1. The van der Waals surface area contributed by atoms with Gasteiger partial charge in [0.25, 0.3) is 5.89 Å². The summed E-state index contributed by atoms with van der Waals surface area (Å²) in [5, 5.41) is 7.00. The SMILES string of the molecule is CC(CC(N)=O)NCc1noc(-c2cccc(Br)c2)n1. The van der Waals surface area contributed by atoms with Crippen LogP contribution in [0.15, 0.2) is 33.3 Å². The summed E-state index contributed by atoms with van der Waals surface area (Å²) in [5.41, 5.74) is 5.97. The average molecular weight is 339 g/mol. The third kappa shape index (κ3) is 4.14. The van der Waals surface area contributed by atoms with Gasteiger partial charge in [-0.05, 0) is 25.1 Å². The van der Waals surface area contributed by atoms with E-state index < -0.39 is 0 Å². The van der Waals surface area contributed by atoms with Gasteiger partial charge in [0.05, 0.1) is 6.54 Å². The molecule has 1 aromatic carbocycles. The molecule has 0 spiro atoms. The Labute approximate surface area is 124 Å². The van der Waals surface area contributed by atoms with Crippen molar-refractivity contribution in [3.05, 3.63) is 34.6 Å². The van der Waals surface area contributed by atoms with Crippen LogP contribution in [0.1, 0.15) is 19.2 Å². The number of carbonyl (C=O) groups excluding carboxylic acids is 1. The van der Waals surface area contributed by atoms with Gasteiger partial charge in [0.2, 0.25) is 5.91 Å². The first-order valence-electron chi connectivity index (χ1n) is 6.15. The maximum atomic E-state index is 10.8. The number of amides is 1. The lowest BCUT2D eigenvalue weighted by atomic mass is 10.2. The third-order valence-electron chi connectivity index (χ3n) is 2.66. The Kier molecular flexibility index (Phi) is 4.86. The summed E-state index contributed by atoms with van der Waals surface area (Å²) in [6, 6.07) is 7.59. The largest absolute Gasteiger partial charge is 0.370 e. The van der Waals surface area contributed by atoms with Crippen LogP contribution in [-0.2, 0) is 11.3 Å². The summed E-state index contributed by atoms with van der Waals surface area (Å²) in [6.45, 7) is 2.30. The number of rotatable bonds is 6. The second kappa shape index (κ2) is 6.62. The number of nitrogens with two attached hydrogens (primary N) is 1. The number of halogens is 1. The summed E-state index contributed by atoms with van der Waals surface area (Å²) >= 11 is 3.39. The first-order chi connectivity index (χ1) is 9.54. The fourth-order valence-corrected chi connectivity index (χ4v) is 2.10. The maximum Gasteiger partial charge on any atom is 0.258 e. The zero-order valence-electron chi connectivity index (χ0n) is 11.0. The van der Waals surface area contributed by atoms with E-state index in [1.807, 2.05) is 31.2 Å². The molecule has 0 radical (unpaired) electrons. The number of nitrogens with zero attached hydrogens (tertiary/aromatic N) is 2. The monoisotopic (exact) mass is 338 g/mol. The Morgan fingerprint density at radius 2 is 2.35 bits per heavy atom. The van der Waals surface area contributed by atoms with Gasteiger partial charge >= 0.3 is 0 Å². The normalized spacial score (nSPS) is 12.3. The van der Waals surface area contributed by atoms with Gasteiger partial charge in [0.1, 0.15) is 0 Å². The van der Waals surface area contributed by atoms with Gasteiger partial charge in [-0.25, -0.2) is 0 Å². The van der Waals surface area contributed by atoms with E-state index >= 15 is 0 Å². The Morgan fingerprint density at radius 1 is 1.55 bits per heavy atom. The van der Waals surface area contributed by atoms with Crippen LogP contribution >= 0.6 is 15.9 Å². The van der Waals surface area contributed by atoms with Gasteiger partial charge in [0.15, 0.2) is 5.82 Å². The van der Waals surface area contributed by atoms with E-state index in [4.69, 9.17) is 10.3 Å². The van der Waals surface area contributed by atoms with Gasteiger partial charge in [-0.15, -0.1) is 0 Å². The summed E-state index contributed by atoms with van der Waals surface area (Å²) in [5.74, 6) is 0.662. The quantitative estimate of drug-likeness (QED) is 0.838. The number of aromatic nitrogens is 2. The molecule has 1 atom stereocenters. The smallest absolute Gasteiger partial charge is 0.258 e. The molecule has 106 valence electrons. The van der Waals surface area contributed by atoms with Gasteiger partial charge in [-0.1, -0.05) is 27.2 Å². The van der Waals surface area contributed by atoms with Crippen LogP contribution in [-0.4, -0.2) is 22.1 Å². The summed E-state index contributed by atoms with van der Waals surface area (Å²) in [7, 11) is 0. The van der Waals surface area contributed by atoms with Crippen molar-refractivity contribution in [1.82, 2.24) is 15.5 Å². The second-order valence-electron chi connectivity index (χ2n) is 4.48. The Hall–Kier alpha value is -1.73. The molecule has 0 saturated carbocycles. The highest BCUT2D eigenvalue weighted by molar-refractivity contribution is 9.10. The van der Waals surface area contributed by atoms with E-state index in [0.29, 0.717) is 18.3 Å². The molecule has 0 aliphatic carbocycles. The molecular weight excluding hydrogens is 324 g/mol. The van der Waals surface area contributed by atoms with E-state index in [-0.39, 0.29) is 18.4 Å². The lowest BCUT2D eigenvalue weighted by Crippen LogP contribution is -2.30. The molecule has 2 aromatic rings. The first-order valence-corrected chi connectivity index (χ1v) is 6.94. The van der Waals surface area contributed by atoms with Crippen molar-refractivity contribution in [3.8, 4) is 11.5 Å². The highest BCUT2D eigenvalue weighted by atomic mass is 79.9. The zero-order chi connectivity index (χ0) is 14.5. The number of benzene rings is 1. The van der Waals surface area contributed by atoms with E-state index in [0.717, 1.165) is 10.0 Å². The van der Waals surface area contributed by atoms with Crippen LogP contribution in [0, 0.1) is 0 Å². The molecule has 0 bridgehead atoms. The zero-order valence-corrected chi connectivity index (χ0v) is 12.6. The van der Waals surface area contributed by atoms with Crippen molar-refractivity contribution in [2.45, 2.75) is 25.9 Å². The predicted molar refractivity (Wildman–Crippen MR) is 77.5 cm³/mol. The number of nitrogens with one attached hydrogen (secondary N) is 1.